The summed E-state index contributed by atoms with van der Waals surface area (Å²) >= 11 is 7.92. The van der Waals surface area contributed by atoms with Crippen molar-refractivity contribution in [2.75, 3.05) is 30.9 Å². The van der Waals surface area contributed by atoms with Crippen molar-refractivity contribution in [3.63, 3.8) is 0 Å². The molecular formula is C26H28ClN5OS. The first kappa shape index (κ1) is 22.9. The number of carbonyl (C=O) groups excluding carboxylic acids is 1. The maximum atomic E-state index is 12.8. The predicted molar refractivity (Wildman–Crippen MR) is 142 cm³/mol. The molecule has 1 saturated carbocycles. The van der Waals surface area contributed by atoms with Gasteiger partial charge in [0.2, 0.25) is 5.95 Å². The Kier molecular flexibility index (Phi) is 6.57. The molecule has 1 aliphatic carbocycles. The number of para-hydroxylation sites is 1. The Labute approximate surface area is 208 Å². The molecule has 0 bridgehead atoms. The second-order valence-corrected chi connectivity index (χ2v) is 10.5. The molecule has 0 saturated heterocycles. The molecular weight excluding hydrogens is 466 g/mol. The molecule has 0 aliphatic heterocycles. The van der Waals surface area contributed by atoms with Crippen LogP contribution in [0.15, 0.2) is 48.5 Å². The number of hydrogen-bond donors (Lipinski definition) is 2. The van der Waals surface area contributed by atoms with Crippen LogP contribution in [-0.2, 0) is 0 Å². The van der Waals surface area contributed by atoms with E-state index in [4.69, 9.17) is 21.6 Å². The van der Waals surface area contributed by atoms with Crippen LogP contribution in [0.2, 0.25) is 5.02 Å². The van der Waals surface area contributed by atoms with E-state index < -0.39 is 0 Å². The van der Waals surface area contributed by atoms with Crippen molar-refractivity contribution in [1.82, 2.24) is 15.3 Å². The molecule has 0 spiro atoms. The molecule has 2 N–H and O–H groups in total. The molecule has 6 nitrogen and oxygen atoms in total. The molecule has 0 radical (unpaired) electrons. The zero-order valence-corrected chi connectivity index (χ0v) is 20.9. The van der Waals surface area contributed by atoms with Crippen molar-refractivity contribution >= 4 is 61.6 Å². The molecule has 2 heterocycles. The Balaban J connectivity index is 1.17. The van der Waals surface area contributed by atoms with E-state index in [1.54, 1.807) is 0 Å². The SMILES string of the molecule is CN(C)c1nc(N[C@H]2CC[C@@H](CNC(=O)c3sc4ccccc4c3Cl)CC2)nc2ccccc12. The van der Waals surface area contributed by atoms with Crippen LogP contribution in [0.4, 0.5) is 11.8 Å². The summed E-state index contributed by atoms with van der Waals surface area (Å²) in [6.45, 7) is 0.674. The number of hydrogen-bond acceptors (Lipinski definition) is 6. The van der Waals surface area contributed by atoms with Gasteiger partial charge in [-0.05, 0) is 49.8 Å². The molecule has 1 aliphatic rings. The van der Waals surface area contributed by atoms with E-state index in [2.05, 4.69) is 16.7 Å². The monoisotopic (exact) mass is 493 g/mol. The molecule has 34 heavy (non-hydrogen) atoms. The number of amides is 1. The number of thiophene rings is 1. The summed E-state index contributed by atoms with van der Waals surface area (Å²) in [5.74, 6) is 1.99. The number of fused-ring (bicyclic) bond motifs is 2. The smallest absolute Gasteiger partial charge is 0.262 e. The number of anilines is 2. The minimum atomic E-state index is -0.0766. The van der Waals surface area contributed by atoms with Gasteiger partial charge in [-0.3, -0.25) is 4.79 Å². The molecule has 1 amide bonds. The molecule has 8 heteroatoms. The second-order valence-electron chi connectivity index (χ2n) is 9.10. The summed E-state index contributed by atoms with van der Waals surface area (Å²) in [5, 5.41) is 9.21. The van der Waals surface area contributed by atoms with Crippen LogP contribution in [0, 0.1) is 5.92 Å². The third kappa shape index (κ3) is 4.68. The van der Waals surface area contributed by atoms with E-state index >= 15 is 0 Å². The van der Waals surface area contributed by atoms with Crippen molar-refractivity contribution in [2.45, 2.75) is 31.7 Å². The van der Waals surface area contributed by atoms with Gasteiger partial charge in [-0.15, -0.1) is 11.3 Å². The fraction of sp³-hybridized carbons (Fsp3) is 0.346. The summed E-state index contributed by atoms with van der Waals surface area (Å²) in [7, 11) is 4.01. The Morgan fingerprint density at radius 1 is 1.03 bits per heavy atom. The summed E-state index contributed by atoms with van der Waals surface area (Å²) in [4.78, 5) is 24.9. The maximum absolute atomic E-state index is 12.8. The van der Waals surface area contributed by atoms with Crippen LogP contribution in [0.3, 0.4) is 0 Å². The lowest BCUT2D eigenvalue weighted by molar-refractivity contribution is 0.0947. The van der Waals surface area contributed by atoms with Crippen molar-refractivity contribution < 1.29 is 4.79 Å². The highest BCUT2D eigenvalue weighted by atomic mass is 35.5. The van der Waals surface area contributed by atoms with Gasteiger partial charge < -0.3 is 15.5 Å². The third-order valence-corrected chi connectivity index (χ3v) is 8.15. The van der Waals surface area contributed by atoms with Crippen LogP contribution < -0.4 is 15.5 Å². The summed E-state index contributed by atoms with van der Waals surface area (Å²) in [6.07, 6.45) is 4.15. The maximum Gasteiger partial charge on any atom is 0.262 e. The second kappa shape index (κ2) is 9.76. The number of carbonyl (C=O) groups is 1. The van der Waals surface area contributed by atoms with Crippen LogP contribution >= 0.6 is 22.9 Å². The Bertz CT molecular complexity index is 1330. The molecule has 2 aromatic carbocycles. The lowest BCUT2D eigenvalue weighted by atomic mass is 9.86. The molecule has 0 atom stereocenters. The van der Waals surface area contributed by atoms with Gasteiger partial charge in [0.15, 0.2) is 0 Å². The van der Waals surface area contributed by atoms with Gasteiger partial charge in [0.25, 0.3) is 5.91 Å². The summed E-state index contributed by atoms with van der Waals surface area (Å²) < 4.78 is 1.04. The minimum Gasteiger partial charge on any atom is -0.362 e. The van der Waals surface area contributed by atoms with Crippen molar-refractivity contribution in [2.24, 2.45) is 5.92 Å². The number of nitrogens with zero attached hydrogens (tertiary/aromatic N) is 3. The van der Waals surface area contributed by atoms with Gasteiger partial charge in [0.1, 0.15) is 10.7 Å². The van der Waals surface area contributed by atoms with Gasteiger partial charge in [0.05, 0.1) is 10.5 Å². The highest BCUT2D eigenvalue weighted by Crippen LogP contribution is 2.35. The van der Waals surface area contributed by atoms with Gasteiger partial charge >= 0.3 is 0 Å². The number of nitrogens with one attached hydrogen (secondary N) is 2. The van der Waals surface area contributed by atoms with Gasteiger partial charge in [-0.25, -0.2) is 4.98 Å². The predicted octanol–water partition coefficient (Wildman–Crippen LogP) is 5.96. The summed E-state index contributed by atoms with van der Waals surface area (Å²) in [5.41, 5.74) is 0.944. The van der Waals surface area contributed by atoms with Crippen molar-refractivity contribution in [1.29, 1.82) is 0 Å². The van der Waals surface area contributed by atoms with Crippen molar-refractivity contribution in [3.05, 3.63) is 58.4 Å². The van der Waals surface area contributed by atoms with Gasteiger partial charge in [0, 0.05) is 42.2 Å². The lowest BCUT2D eigenvalue weighted by Gasteiger charge is -2.29. The van der Waals surface area contributed by atoms with E-state index in [1.807, 2.05) is 61.5 Å². The molecule has 0 unspecified atom stereocenters. The first-order chi connectivity index (χ1) is 16.5. The fourth-order valence-corrected chi connectivity index (χ4v) is 6.07. The molecule has 5 rings (SSSR count). The van der Waals surface area contributed by atoms with E-state index in [0.29, 0.717) is 34.4 Å². The lowest BCUT2D eigenvalue weighted by Crippen LogP contribution is -2.34. The number of rotatable bonds is 6. The average Bonchev–Trinajstić information content (AvgIpc) is 3.19. The van der Waals surface area contributed by atoms with Gasteiger partial charge in [-0.2, -0.15) is 4.98 Å². The van der Waals surface area contributed by atoms with E-state index in [0.717, 1.165) is 52.5 Å². The standard InChI is InChI=1S/C26H28ClN5OS/c1-32(2)24-18-7-3-5-9-20(18)30-26(31-24)29-17-13-11-16(12-14-17)15-28-25(33)23-22(27)19-8-4-6-10-21(19)34-23/h3-10,16-17H,11-15H2,1-2H3,(H,28,33)(H,29,30,31)/t16-,17+. The molecule has 4 aromatic rings. The Hall–Kier alpha value is -2.90. The molecule has 176 valence electrons. The Morgan fingerprint density at radius 3 is 2.47 bits per heavy atom. The van der Waals surface area contributed by atoms with Crippen LogP contribution in [-0.4, -0.2) is 42.6 Å². The van der Waals surface area contributed by atoms with E-state index in [9.17, 15) is 4.79 Å². The zero-order chi connectivity index (χ0) is 23.7. The highest BCUT2D eigenvalue weighted by molar-refractivity contribution is 7.21. The first-order valence-electron chi connectivity index (χ1n) is 11.7. The van der Waals surface area contributed by atoms with Crippen LogP contribution in [0.1, 0.15) is 35.4 Å². The highest BCUT2D eigenvalue weighted by Gasteiger charge is 2.24. The van der Waals surface area contributed by atoms with E-state index in [-0.39, 0.29) is 5.91 Å². The van der Waals surface area contributed by atoms with Crippen LogP contribution in [0.5, 0.6) is 0 Å². The fourth-order valence-electron chi connectivity index (χ4n) is 4.64. The Morgan fingerprint density at radius 2 is 1.74 bits per heavy atom. The first-order valence-corrected chi connectivity index (χ1v) is 12.8. The minimum absolute atomic E-state index is 0.0766. The molecule has 1 fully saturated rings. The number of benzene rings is 2. The average molecular weight is 494 g/mol. The van der Waals surface area contributed by atoms with Crippen LogP contribution in [0.25, 0.3) is 21.0 Å². The van der Waals surface area contributed by atoms with Crippen molar-refractivity contribution in [3.8, 4) is 0 Å². The van der Waals surface area contributed by atoms with E-state index in [1.165, 1.54) is 11.3 Å². The molecule has 2 aromatic heterocycles. The largest absolute Gasteiger partial charge is 0.362 e. The summed E-state index contributed by atoms with van der Waals surface area (Å²) in [6, 6.07) is 16.3. The third-order valence-electron chi connectivity index (χ3n) is 6.48. The topological polar surface area (TPSA) is 70.2 Å². The number of halogens is 1. The zero-order valence-electron chi connectivity index (χ0n) is 19.3. The number of aromatic nitrogens is 2. The van der Waals surface area contributed by atoms with Gasteiger partial charge in [-0.1, -0.05) is 41.9 Å². The quantitative estimate of drug-likeness (QED) is 0.346. The normalized spacial score (nSPS) is 18.2.